The van der Waals surface area contributed by atoms with Gasteiger partial charge >= 0.3 is 22.4 Å². The van der Waals surface area contributed by atoms with Crippen LogP contribution >= 0.6 is 0 Å². The minimum Gasteiger partial charge on any atom is -0.481 e. The minimum atomic E-state index is -0.833. The Balaban J connectivity index is 0. The molecule has 12 heavy (non-hydrogen) atoms. The monoisotopic (exact) mass is 262 g/mol. The quantitative estimate of drug-likeness (QED) is 0.571. The molecule has 0 atom stereocenters. The van der Waals surface area contributed by atoms with E-state index in [0.717, 1.165) is 6.92 Å². The summed E-state index contributed by atoms with van der Waals surface area (Å²) in [5.41, 5.74) is 0. The summed E-state index contributed by atoms with van der Waals surface area (Å²) in [6, 6.07) is 8.49. The molecule has 0 saturated heterocycles. The molecule has 1 aromatic carbocycles. The molecule has 1 aromatic rings. The Morgan fingerprint density at radius 2 is 1.83 bits per heavy atom. The van der Waals surface area contributed by atoms with Gasteiger partial charge in [0.05, 0.1) is 0 Å². The van der Waals surface area contributed by atoms with Gasteiger partial charge in [-0.2, -0.15) is 18.2 Å². The zero-order valence-electron chi connectivity index (χ0n) is 6.34. The van der Waals surface area contributed by atoms with Gasteiger partial charge in [0.25, 0.3) is 5.97 Å². The Labute approximate surface area is 85.9 Å². The molecular weight excluding hydrogens is 255 g/mol. The second kappa shape index (κ2) is 8.46. The average molecular weight is 263 g/mol. The first-order chi connectivity index (χ1) is 5.13. The van der Waals surface area contributed by atoms with Crippen molar-refractivity contribution < 1.29 is 36.7 Å². The van der Waals surface area contributed by atoms with Gasteiger partial charge in [0.1, 0.15) is 0 Å². The Morgan fingerprint density at radius 3 is 2.00 bits per heavy atom. The van der Waals surface area contributed by atoms with Gasteiger partial charge in [-0.3, -0.25) is 4.79 Å². The summed E-state index contributed by atoms with van der Waals surface area (Å²) in [7, 11) is 0. The molecule has 0 aromatic heterocycles. The zero-order valence-corrected chi connectivity index (χ0v) is 7.83. The predicted molar refractivity (Wildman–Crippen MR) is 38.5 cm³/mol. The van der Waals surface area contributed by atoms with Gasteiger partial charge in [-0.25, -0.2) is 4.39 Å². The van der Waals surface area contributed by atoms with Crippen molar-refractivity contribution >= 4 is 5.97 Å². The van der Waals surface area contributed by atoms with Crippen LogP contribution in [0, 0.1) is 11.9 Å². The number of hydrogen-bond acceptors (Lipinski definition) is 1. The van der Waals surface area contributed by atoms with Crippen LogP contribution in [-0.2, 0) is 27.2 Å². The van der Waals surface area contributed by atoms with Gasteiger partial charge in [-0.05, 0) is 0 Å². The zero-order chi connectivity index (χ0) is 8.69. The third-order valence-corrected chi connectivity index (χ3v) is 0.678. The summed E-state index contributed by atoms with van der Waals surface area (Å²) in [4.78, 5) is 9.00. The van der Waals surface area contributed by atoms with Gasteiger partial charge in [0.2, 0.25) is 0 Å². The molecule has 0 heterocycles. The molecule has 0 spiro atoms. The first-order valence-corrected chi connectivity index (χ1v) is 2.94. The minimum absolute atomic E-state index is 0. The topological polar surface area (TPSA) is 37.3 Å². The van der Waals surface area contributed by atoms with Crippen molar-refractivity contribution in [1.29, 1.82) is 0 Å². The van der Waals surface area contributed by atoms with E-state index in [1.54, 1.807) is 0 Å². The maximum Gasteiger partial charge on any atom is 1.00 e. The van der Waals surface area contributed by atoms with Crippen LogP contribution < -0.4 is 0 Å². The summed E-state index contributed by atoms with van der Waals surface area (Å²) >= 11 is 0. The van der Waals surface area contributed by atoms with Crippen LogP contribution in [0.5, 0.6) is 0 Å². The molecule has 0 aliphatic carbocycles. The second-order valence-electron chi connectivity index (χ2n) is 1.74. The number of rotatable bonds is 0. The Kier molecular flexibility index (Phi) is 9.81. The van der Waals surface area contributed by atoms with Gasteiger partial charge < -0.3 is 5.11 Å². The molecule has 70 valence electrons. The standard InChI is InChI=1S/C6H4F.C2H4O2.Ag/c7-6-4-2-1-3-5-6;1-2(3)4;/h2-5H;1H3,(H,3,4);/q-1;;+1. The fourth-order valence-electron chi connectivity index (χ4n) is 0.367. The van der Waals surface area contributed by atoms with E-state index < -0.39 is 5.97 Å². The third kappa shape index (κ3) is 12.1. The first kappa shape index (κ1) is 13.9. The molecule has 0 bridgehead atoms. The van der Waals surface area contributed by atoms with E-state index in [9.17, 15) is 4.39 Å². The largest absolute Gasteiger partial charge is 1.00 e. The van der Waals surface area contributed by atoms with Crippen molar-refractivity contribution in [2.24, 2.45) is 0 Å². The summed E-state index contributed by atoms with van der Waals surface area (Å²) in [6.07, 6.45) is 0. The molecule has 0 saturated carbocycles. The van der Waals surface area contributed by atoms with Gasteiger partial charge in [-0.15, -0.1) is 12.1 Å². The number of aliphatic carboxylic acids is 1. The van der Waals surface area contributed by atoms with Crippen molar-refractivity contribution in [1.82, 2.24) is 0 Å². The van der Waals surface area contributed by atoms with E-state index in [4.69, 9.17) is 9.90 Å². The van der Waals surface area contributed by atoms with Gasteiger partial charge in [-0.1, -0.05) is 0 Å². The van der Waals surface area contributed by atoms with Gasteiger partial charge in [0, 0.05) is 12.7 Å². The Hall–Kier alpha value is -0.640. The van der Waals surface area contributed by atoms with Crippen molar-refractivity contribution in [2.75, 3.05) is 0 Å². The number of halogens is 1. The number of benzene rings is 1. The van der Waals surface area contributed by atoms with E-state index in [1.165, 1.54) is 24.3 Å². The maximum absolute atomic E-state index is 11.9. The molecule has 4 heteroatoms. The van der Waals surface area contributed by atoms with E-state index in [0.29, 0.717) is 0 Å². The van der Waals surface area contributed by atoms with Crippen LogP contribution in [0.4, 0.5) is 4.39 Å². The molecule has 0 aliphatic rings. The van der Waals surface area contributed by atoms with Crippen LogP contribution in [0.2, 0.25) is 0 Å². The van der Waals surface area contributed by atoms with E-state index in [2.05, 4.69) is 6.07 Å². The van der Waals surface area contributed by atoms with E-state index >= 15 is 0 Å². The van der Waals surface area contributed by atoms with Crippen molar-refractivity contribution in [3.05, 3.63) is 36.1 Å². The fraction of sp³-hybridized carbons (Fsp3) is 0.125. The number of carboxylic acids is 1. The van der Waals surface area contributed by atoms with Crippen LogP contribution in [0.1, 0.15) is 6.92 Å². The van der Waals surface area contributed by atoms with Crippen LogP contribution in [-0.4, -0.2) is 11.1 Å². The predicted octanol–water partition coefficient (Wildman–Crippen LogP) is 1.71. The number of carboxylic acid groups (broad SMARTS) is 1. The molecular formula is C8H8AgFO2. The molecule has 1 N–H and O–H groups in total. The number of hydrogen-bond donors (Lipinski definition) is 1. The normalized spacial score (nSPS) is 7.17. The summed E-state index contributed by atoms with van der Waals surface area (Å²) in [6.45, 7) is 1.08. The third-order valence-electron chi connectivity index (χ3n) is 0.678. The van der Waals surface area contributed by atoms with Crippen LogP contribution in [0.15, 0.2) is 24.3 Å². The van der Waals surface area contributed by atoms with E-state index in [1.807, 2.05) is 0 Å². The fourth-order valence-corrected chi connectivity index (χ4v) is 0.367. The molecule has 0 aliphatic heterocycles. The van der Waals surface area contributed by atoms with Crippen LogP contribution in [0.25, 0.3) is 0 Å². The Morgan fingerprint density at radius 1 is 1.50 bits per heavy atom. The van der Waals surface area contributed by atoms with Gasteiger partial charge in [0.15, 0.2) is 0 Å². The SMILES string of the molecule is CC(=O)O.Fc1cc[c-]cc1.[Ag+]. The number of carbonyl (C=O) groups is 1. The smallest absolute Gasteiger partial charge is 0.481 e. The average Bonchev–Trinajstić information content (AvgIpc) is 1.87. The van der Waals surface area contributed by atoms with Crippen molar-refractivity contribution in [3.8, 4) is 0 Å². The molecule has 0 unspecified atom stereocenters. The maximum atomic E-state index is 11.9. The summed E-state index contributed by atoms with van der Waals surface area (Å²) in [5, 5.41) is 7.42. The summed E-state index contributed by atoms with van der Waals surface area (Å²) < 4.78 is 11.9. The second-order valence-corrected chi connectivity index (χ2v) is 1.74. The van der Waals surface area contributed by atoms with Crippen molar-refractivity contribution in [2.45, 2.75) is 6.92 Å². The van der Waals surface area contributed by atoms with Crippen LogP contribution in [0.3, 0.4) is 0 Å². The van der Waals surface area contributed by atoms with E-state index in [-0.39, 0.29) is 28.2 Å². The molecule has 0 radical (unpaired) electrons. The first-order valence-electron chi connectivity index (χ1n) is 2.94. The molecule has 1 rings (SSSR count). The molecule has 0 fully saturated rings. The van der Waals surface area contributed by atoms with Crippen molar-refractivity contribution in [3.63, 3.8) is 0 Å². The molecule has 2 nitrogen and oxygen atoms in total. The molecule has 0 amide bonds. The summed E-state index contributed by atoms with van der Waals surface area (Å²) in [5.74, 6) is -1.04. The Bertz CT molecular complexity index is 210.